The third-order valence-electron chi connectivity index (χ3n) is 4.72. The van der Waals surface area contributed by atoms with E-state index < -0.39 is 24.1 Å². The minimum atomic E-state index is -1.20. The fourth-order valence-electron chi connectivity index (χ4n) is 3.42. The Morgan fingerprint density at radius 1 is 1.36 bits per heavy atom. The number of aliphatic hydroxyl groups is 1. The molecule has 1 aromatic carbocycles. The number of anilines is 1. The van der Waals surface area contributed by atoms with Crippen LogP contribution in [0.15, 0.2) is 18.2 Å². The number of fused-ring (bicyclic) bond motifs is 1. The summed E-state index contributed by atoms with van der Waals surface area (Å²) < 4.78 is 0. The van der Waals surface area contributed by atoms with Crippen molar-refractivity contribution in [1.29, 1.82) is 0 Å². The van der Waals surface area contributed by atoms with Gasteiger partial charge in [-0.25, -0.2) is 0 Å². The van der Waals surface area contributed by atoms with E-state index in [4.69, 9.17) is 5.73 Å². The number of nitrogens with two attached hydrogens (primary N) is 1. The summed E-state index contributed by atoms with van der Waals surface area (Å²) in [6.45, 7) is 1.22. The number of imide groups is 1. The number of rotatable bonds is 5. The number of carbonyl (C=O) groups is 3. The molecule has 2 aliphatic heterocycles. The molecule has 8 heteroatoms. The van der Waals surface area contributed by atoms with Gasteiger partial charge in [-0.3, -0.25) is 24.6 Å². The minimum absolute atomic E-state index is 0.145. The third-order valence-corrected chi connectivity index (χ3v) is 4.72. The van der Waals surface area contributed by atoms with Crippen molar-refractivity contribution in [3.63, 3.8) is 0 Å². The molecule has 3 amide bonds. The van der Waals surface area contributed by atoms with E-state index >= 15 is 0 Å². The van der Waals surface area contributed by atoms with Crippen LogP contribution in [0, 0.1) is 0 Å². The molecule has 1 aromatic rings. The smallest absolute Gasteiger partial charge is 0.259 e. The molecule has 2 unspecified atom stereocenters. The lowest BCUT2D eigenvalue weighted by Gasteiger charge is -2.32. The Morgan fingerprint density at radius 2 is 2.12 bits per heavy atom. The topological polar surface area (TPSA) is 116 Å². The van der Waals surface area contributed by atoms with Gasteiger partial charge in [-0.05, 0) is 25.5 Å². The number of carbonyl (C=O) groups excluding carboxylic acids is 3. The first-order valence-corrected chi connectivity index (χ1v) is 8.34. The normalized spacial score (nSPS) is 22.8. The van der Waals surface area contributed by atoms with Gasteiger partial charge in [-0.15, -0.1) is 0 Å². The van der Waals surface area contributed by atoms with Crippen LogP contribution in [-0.4, -0.2) is 53.9 Å². The number of nitrogens with one attached hydrogen (secondary N) is 1. The Balaban J connectivity index is 1.93. The summed E-state index contributed by atoms with van der Waals surface area (Å²) in [6, 6.07) is 4.42. The Bertz CT molecular complexity index is 721. The van der Waals surface area contributed by atoms with Gasteiger partial charge >= 0.3 is 0 Å². The van der Waals surface area contributed by atoms with E-state index in [0.717, 1.165) is 6.42 Å². The van der Waals surface area contributed by atoms with Gasteiger partial charge in [0.2, 0.25) is 11.8 Å². The second kappa shape index (κ2) is 6.81. The Hall–Kier alpha value is -2.45. The van der Waals surface area contributed by atoms with E-state index in [9.17, 15) is 19.5 Å². The lowest BCUT2D eigenvalue weighted by molar-refractivity contribution is -0.139. The zero-order valence-corrected chi connectivity index (χ0v) is 14.1. The monoisotopic (exact) mass is 346 g/mol. The van der Waals surface area contributed by atoms with Crippen LogP contribution in [-0.2, 0) is 9.59 Å². The maximum absolute atomic E-state index is 13.0. The molecule has 0 aromatic heterocycles. The van der Waals surface area contributed by atoms with Crippen molar-refractivity contribution < 1.29 is 19.5 Å². The molecule has 25 heavy (non-hydrogen) atoms. The number of nitrogens with zero attached hydrogens (tertiary/aromatic N) is 2. The molecule has 134 valence electrons. The molecule has 0 radical (unpaired) electrons. The van der Waals surface area contributed by atoms with Gasteiger partial charge < -0.3 is 15.7 Å². The van der Waals surface area contributed by atoms with Crippen LogP contribution in [0.2, 0.25) is 0 Å². The summed E-state index contributed by atoms with van der Waals surface area (Å²) >= 11 is 0. The highest BCUT2D eigenvalue weighted by molar-refractivity contribution is 6.08. The number of piperidine rings is 1. The fraction of sp³-hybridized carbons (Fsp3) is 0.471. The van der Waals surface area contributed by atoms with Crippen molar-refractivity contribution in [1.82, 2.24) is 10.2 Å². The van der Waals surface area contributed by atoms with Gasteiger partial charge in [-0.2, -0.15) is 0 Å². The molecule has 2 heterocycles. The Morgan fingerprint density at radius 3 is 2.80 bits per heavy atom. The summed E-state index contributed by atoms with van der Waals surface area (Å²) in [5, 5.41) is 12.9. The van der Waals surface area contributed by atoms with Crippen LogP contribution in [0.5, 0.6) is 0 Å². The van der Waals surface area contributed by atoms with Gasteiger partial charge in [0.25, 0.3) is 5.91 Å². The average molecular weight is 346 g/mol. The van der Waals surface area contributed by atoms with Crippen LogP contribution >= 0.6 is 0 Å². The molecule has 8 nitrogen and oxygen atoms in total. The summed E-state index contributed by atoms with van der Waals surface area (Å²) in [7, 11) is 1.86. The molecule has 2 aliphatic rings. The number of hydrogen-bond donors (Lipinski definition) is 3. The van der Waals surface area contributed by atoms with Crippen molar-refractivity contribution in [3.05, 3.63) is 29.3 Å². The molecule has 0 bridgehead atoms. The summed E-state index contributed by atoms with van der Waals surface area (Å²) in [4.78, 5) is 39.6. The van der Waals surface area contributed by atoms with E-state index in [0.29, 0.717) is 29.9 Å². The maximum Gasteiger partial charge on any atom is 0.259 e. The van der Waals surface area contributed by atoms with Gasteiger partial charge in [0.1, 0.15) is 6.04 Å². The molecule has 2 atom stereocenters. The lowest BCUT2D eigenvalue weighted by atomic mass is 10.0. The van der Waals surface area contributed by atoms with Gasteiger partial charge in [0.05, 0.1) is 5.56 Å². The van der Waals surface area contributed by atoms with Crippen LogP contribution in [0.4, 0.5) is 5.69 Å². The predicted molar refractivity (Wildman–Crippen MR) is 90.7 cm³/mol. The largest absolute Gasteiger partial charge is 0.374 e. The first-order valence-electron chi connectivity index (χ1n) is 8.34. The molecule has 3 rings (SSSR count). The van der Waals surface area contributed by atoms with E-state index in [-0.39, 0.29) is 18.7 Å². The first kappa shape index (κ1) is 17.4. The first-order chi connectivity index (χ1) is 12.0. The van der Waals surface area contributed by atoms with Crippen LogP contribution < -0.4 is 16.0 Å². The molecule has 0 spiro atoms. The fourth-order valence-corrected chi connectivity index (χ4v) is 3.42. The van der Waals surface area contributed by atoms with Crippen LogP contribution in [0.1, 0.15) is 41.4 Å². The molecule has 1 saturated heterocycles. The zero-order valence-electron chi connectivity index (χ0n) is 14.1. The maximum atomic E-state index is 13.0. The summed E-state index contributed by atoms with van der Waals surface area (Å²) in [6.07, 6.45) is -0.0746. The van der Waals surface area contributed by atoms with Crippen molar-refractivity contribution in [3.8, 4) is 0 Å². The standard InChI is InChI=1S/C17H22N4O4/c1-20(9-3-8-18)11-5-2-4-10-14(11)17(25)21(16(10)24)12-6-7-13(22)19-15(12)23/h2,4-5,12,16,24H,3,6-9,18H2,1H3,(H,19,22,23). The van der Waals surface area contributed by atoms with E-state index in [2.05, 4.69) is 5.32 Å². The van der Waals surface area contributed by atoms with Gasteiger partial charge in [0.15, 0.2) is 6.23 Å². The molecular weight excluding hydrogens is 324 g/mol. The molecular formula is C17H22N4O4. The highest BCUT2D eigenvalue weighted by atomic mass is 16.3. The van der Waals surface area contributed by atoms with Gasteiger partial charge in [-0.1, -0.05) is 12.1 Å². The van der Waals surface area contributed by atoms with Crippen molar-refractivity contribution in [2.75, 3.05) is 25.0 Å². The number of amides is 3. The molecule has 0 saturated carbocycles. The average Bonchev–Trinajstić information content (AvgIpc) is 2.84. The number of benzene rings is 1. The SMILES string of the molecule is CN(CCCN)c1cccc2c1C(=O)N(C1CCC(=O)NC1=O)C2O. The minimum Gasteiger partial charge on any atom is -0.374 e. The van der Waals surface area contributed by atoms with E-state index in [1.807, 2.05) is 18.0 Å². The third kappa shape index (κ3) is 2.98. The summed E-state index contributed by atoms with van der Waals surface area (Å²) in [5.41, 5.74) is 7.13. The quantitative estimate of drug-likeness (QED) is 0.632. The van der Waals surface area contributed by atoms with Crippen molar-refractivity contribution in [2.45, 2.75) is 31.5 Å². The Labute approximate surface area is 145 Å². The second-order valence-electron chi connectivity index (χ2n) is 6.36. The highest BCUT2D eigenvalue weighted by Crippen LogP contribution is 2.39. The second-order valence-corrected chi connectivity index (χ2v) is 6.36. The van der Waals surface area contributed by atoms with Gasteiger partial charge in [0, 0.05) is 31.3 Å². The highest BCUT2D eigenvalue weighted by Gasteiger charge is 2.45. The van der Waals surface area contributed by atoms with E-state index in [1.165, 1.54) is 4.90 Å². The summed E-state index contributed by atoms with van der Waals surface area (Å²) in [5.74, 6) is -1.30. The lowest BCUT2D eigenvalue weighted by Crippen LogP contribution is -2.53. The number of hydrogen-bond acceptors (Lipinski definition) is 6. The number of aliphatic hydroxyl groups excluding tert-OH is 1. The molecule has 4 N–H and O–H groups in total. The van der Waals surface area contributed by atoms with Crippen LogP contribution in [0.25, 0.3) is 0 Å². The van der Waals surface area contributed by atoms with E-state index in [1.54, 1.807) is 12.1 Å². The molecule has 1 fully saturated rings. The Kier molecular flexibility index (Phi) is 4.73. The molecule has 0 aliphatic carbocycles. The zero-order chi connectivity index (χ0) is 18.1. The van der Waals surface area contributed by atoms with Crippen molar-refractivity contribution >= 4 is 23.4 Å². The van der Waals surface area contributed by atoms with Crippen LogP contribution in [0.3, 0.4) is 0 Å². The predicted octanol–water partition coefficient (Wildman–Crippen LogP) is -0.276. The van der Waals surface area contributed by atoms with Crippen molar-refractivity contribution in [2.24, 2.45) is 5.73 Å².